The predicted octanol–water partition coefficient (Wildman–Crippen LogP) is 1.47. The average molecular weight is 273 g/mol. The minimum absolute atomic E-state index is 0.0582. The van der Waals surface area contributed by atoms with Crippen LogP contribution in [0, 0.1) is 0 Å². The number of rotatable bonds is 3. The van der Waals surface area contributed by atoms with E-state index in [2.05, 4.69) is 27.8 Å². The van der Waals surface area contributed by atoms with Gasteiger partial charge in [-0.2, -0.15) is 0 Å². The van der Waals surface area contributed by atoms with E-state index in [1.54, 1.807) is 23.0 Å². The number of amides is 1. The van der Waals surface area contributed by atoms with E-state index in [1.165, 1.54) is 11.1 Å². The molecule has 0 aliphatic carbocycles. The molecule has 2 heterocycles. The zero-order valence-electron chi connectivity index (χ0n) is 10.4. The molecule has 4 nitrogen and oxygen atoms in total. The molecule has 5 heteroatoms. The fourth-order valence-corrected chi connectivity index (χ4v) is 2.80. The molecule has 1 atom stereocenters. The highest BCUT2D eigenvalue weighted by Crippen LogP contribution is 2.16. The Balaban J connectivity index is 1.60. The van der Waals surface area contributed by atoms with E-state index in [9.17, 15) is 4.79 Å². The van der Waals surface area contributed by atoms with E-state index in [0.717, 1.165) is 17.8 Å². The van der Waals surface area contributed by atoms with Gasteiger partial charge in [0, 0.05) is 17.6 Å². The van der Waals surface area contributed by atoms with Crippen LogP contribution in [0.1, 0.15) is 16.0 Å². The van der Waals surface area contributed by atoms with Crippen molar-refractivity contribution in [2.24, 2.45) is 0 Å². The van der Waals surface area contributed by atoms with Crippen molar-refractivity contribution in [1.82, 2.24) is 15.6 Å². The third-order valence-corrected chi connectivity index (χ3v) is 4.10. The maximum Gasteiger partial charge on any atom is 0.237 e. The van der Waals surface area contributed by atoms with Gasteiger partial charge >= 0.3 is 0 Å². The fraction of sp³-hybridized carbons (Fsp3) is 0.286. The minimum Gasteiger partial charge on any atom is -0.350 e. The smallest absolute Gasteiger partial charge is 0.237 e. The summed E-state index contributed by atoms with van der Waals surface area (Å²) in [6.45, 7) is 1.32. The average Bonchev–Trinajstić information content (AvgIpc) is 2.97. The molecule has 98 valence electrons. The van der Waals surface area contributed by atoms with Crippen molar-refractivity contribution in [2.45, 2.75) is 25.6 Å². The number of carbonyl (C=O) groups is 1. The van der Waals surface area contributed by atoms with Crippen molar-refractivity contribution in [3.05, 3.63) is 52.0 Å². The van der Waals surface area contributed by atoms with Gasteiger partial charge in [0.25, 0.3) is 0 Å². The molecule has 0 unspecified atom stereocenters. The fourth-order valence-electron chi connectivity index (χ4n) is 2.27. The summed E-state index contributed by atoms with van der Waals surface area (Å²) in [5.41, 5.74) is 4.32. The number of carbonyl (C=O) groups excluding carboxylic acids is 1. The molecule has 0 spiro atoms. The Morgan fingerprint density at radius 1 is 1.42 bits per heavy atom. The zero-order valence-corrected chi connectivity index (χ0v) is 11.2. The van der Waals surface area contributed by atoms with E-state index in [0.29, 0.717) is 6.54 Å². The summed E-state index contributed by atoms with van der Waals surface area (Å²) >= 11 is 1.55. The van der Waals surface area contributed by atoms with E-state index in [4.69, 9.17) is 0 Å². The molecular weight excluding hydrogens is 258 g/mol. The number of nitrogens with zero attached hydrogens (tertiary/aromatic N) is 1. The topological polar surface area (TPSA) is 54.0 Å². The van der Waals surface area contributed by atoms with E-state index < -0.39 is 0 Å². The first-order valence-electron chi connectivity index (χ1n) is 6.28. The van der Waals surface area contributed by atoms with Crippen LogP contribution in [0.15, 0.2) is 36.0 Å². The van der Waals surface area contributed by atoms with Crippen LogP contribution in [0.4, 0.5) is 0 Å². The van der Waals surface area contributed by atoms with Gasteiger partial charge in [0.15, 0.2) is 0 Å². The van der Waals surface area contributed by atoms with Crippen molar-refractivity contribution in [2.75, 3.05) is 0 Å². The number of nitrogens with one attached hydrogen (secondary N) is 2. The summed E-state index contributed by atoms with van der Waals surface area (Å²) in [7, 11) is 0. The Bertz CT molecular complexity index is 568. The maximum atomic E-state index is 12.1. The molecule has 1 aromatic heterocycles. The second kappa shape index (κ2) is 5.50. The number of fused-ring (bicyclic) bond motifs is 1. The summed E-state index contributed by atoms with van der Waals surface area (Å²) in [4.78, 5) is 17.2. The molecule has 1 aromatic carbocycles. The highest BCUT2D eigenvalue weighted by Gasteiger charge is 2.23. The van der Waals surface area contributed by atoms with Crippen LogP contribution in [0.25, 0.3) is 0 Å². The lowest BCUT2D eigenvalue weighted by Crippen LogP contribution is -2.47. The van der Waals surface area contributed by atoms with Crippen molar-refractivity contribution in [1.29, 1.82) is 0 Å². The van der Waals surface area contributed by atoms with Crippen molar-refractivity contribution < 1.29 is 4.79 Å². The lowest BCUT2D eigenvalue weighted by Gasteiger charge is -2.25. The van der Waals surface area contributed by atoms with Crippen molar-refractivity contribution in [3.63, 3.8) is 0 Å². The summed E-state index contributed by atoms with van der Waals surface area (Å²) in [6.07, 6.45) is 2.54. The second-order valence-electron chi connectivity index (χ2n) is 4.59. The molecule has 1 aliphatic heterocycles. The first-order chi connectivity index (χ1) is 9.33. The normalized spacial score (nSPS) is 17.8. The van der Waals surface area contributed by atoms with E-state index in [-0.39, 0.29) is 11.9 Å². The summed E-state index contributed by atoms with van der Waals surface area (Å²) in [6, 6.07) is 8.12. The first kappa shape index (κ1) is 12.3. The Morgan fingerprint density at radius 3 is 3.05 bits per heavy atom. The molecule has 0 saturated carbocycles. The van der Waals surface area contributed by atoms with Crippen LogP contribution in [0.5, 0.6) is 0 Å². The largest absolute Gasteiger partial charge is 0.350 e. The van der Waals surface area contributed by atoms with Gasteiger partial charge in [-0.05, 0) is 17.5 Å². The quantitative estimate of drug-likeness (QED) is 0.890. The third-order valence-electron chi connectivity index (χ3n) is 3.32. The second-order valence-corrected chi connectivity index (χ2v) is 5.56. The van der Waals surface area contributed by atoms with Gasteiger partial charge in [-0.15, -0.1) is 11.3 Å². The van der Waals surface area contributed by atoms with Gasteiger partial charge in [0.05, 0.1) is 18.1 Å². The van der Waals surface area contributed by atoms with Crippen molar-refractivity contribution >= 4 is 17.2 Å². The van der Waals surface area contributed by atoms with E-state index >= 15 is 0 Å². The van der Waals surface area contributed by atoms with Gasteiger partial charge in [0.1, 0.15) is 0 Å². The van der Waals surface area contributed by atoms with Crippen LogP contribution in [-0.2, 0) is 24.3 Å². The molecule has 2 N–H and O–H groups in total. The highest BCUT2D eigenvalue weighted by atomic mass is 32.1. The Morgan fingerprint density at radius 2 is 2.26 bits per heavy atom. The van der Waals surface area contributed by atoms with Crippen LogP contribution in [0.2, 0.25) is 0 Å². The highest BCUT2D eigenvalue weighted by molar-refractivity contribution is 7.09. The number of aromatic nitrogens is 1. The van der Waals surface area contributed by atoms with Gasteiger partial charge in [-0.25, -0.2) is 0 Å². The van der Waals surface area contributed by atoms with Gasteiger partial charge in [-0.3, -0.25) is 9.78 Å². The molecule has 19 heavy (non-hydrogen) atoms. The molecule has 0 radical (unpaired) electrons. The standard InChI is InChI=1S/C14H15N3OS/c18-14(17-8-12-7-15-9-19-12)13-5-10-3-1-2-4-11(10)6-16-13/h1-4,7,9,13,16H,5-6,8H2,(H,17,18)/t13-/m1/s1. The molecule has 1 amide bonds. The zero-order chi connectivity index (χ0) is 13.1. The number of hydrogen-bond donors (Lipinski definition) is 2. The lowest BCUT2D eigenvalue weighted by molar-refractivity contribution is -0.123. The minimum atomic E-state index is -0.136. The lowest BCUT2D eigenvalue weighted by atomic mass is 9.95. The maximum absolute atomic E-state index is 12.1. The predicted molar refractivity (Wildman–Crippen MR) is 74.7 cm³/mol. The number of benzene rings is 1. The Hall–Kier alpha value is -1.72. The van der Waals surface area contributed by atoms with Crippen LogP contribution in [-0.4, -0.2) is 16.9 Å². The Labute approximate surface area is 115 Å². The molecular formula is C14H15N3OS. The molecule has 0 saturated heterocycles. The number of hydrogen-bond acceptors (Lipinski definition) is 4. The summed E-state index contributed by atoms with van der Waals surface area (Å²) < 4.78 is 0. The molecule has 3 rings (SSSR count). The Kier molecular flexibility index (Phi) is 3.57. The molecule has 0 bridgehead atoms. The molecule has 0 fully saturated rings. The summed E-state index contributed by atoms with van der Waals surface area (Å²) in [5, 5.41) is 6.24. The SMILES string of the molecule is O=C(NCc1cncs1)[C@H]1Cc2ccccc2CN1. The van der Waals surface area contributed by atoms with Gasteiger partial charge in [-0.1, -0.05) is 24.3 Å². The van der Waals surface area contributed by atoms with Crippen molar-refractivity contribution in [3.8, 4) is 0 Å². The molecule has 1 aliphatic rings. The van der Waals surface area contributed by atoms with Gasteiger partial charge < -0.3 is 10.6 Å². The van der Waals surface area contributed by atoms with Crippen LogP contribution >= 0.6 is 11.3 Å². The summed E-state index contributed by atoms with van der Waals surface area (Å²) in [5.74, 6) is 0.0582. The number of thiazole rings is 1. The first-order valence-corrected chi connectivity index (χ1v) is 7.16. The van der Waals surface area contributed by atoms with Gasteiger partial charge in [0.2, 0.25) is 5.91 Å². The van der Waals surface area contributed by atoms with Crippen LogP contribution in [0.3, 0.4) is 0 Å². The molecule has 2 aromatic rings. The van der Waals surface area contributed by atoms with E-state index in [1.807, 2.05) is 12.1 Å². The monoisotopic (exact) mass is 273 g/mol. The van der Waals surface area contributed by atoms with Crippen LogP contribution < -0.4 is 10.6 Å². The third kappa shape index (κ3) is 2.83.